The lowest BCUT2D eigenvalue weighted by atomic mass is 9.93. The number of aliphatic hydroxyl groups is 1. The number of aliphatic carboxylic acids is 1. The van der Waals surface area contributed by atoms with Gasteiger partial charge in [0, 0.05) is 44.1 Å². The number of carbonyl (C=O) groups is 13. The van der Waals surface area contributed by atoms with Crippen molar-refractivity contribution in [2.45, 2.75) is 257 Å². The number of aromatic nitrogens is 2. The van der Waals surface area contributed by atoms with E-state index >= 15 is 0 Å². The average Bonchev–Trinajstić information content (AvgIpc) is 1.49. The van der Waals surface area contributed by atoms with Crippen LogP contribution in [-0.4, -0.2) is 195 Å². The van der Waals surface area contributed by atoms with Gasteiger partial charge in [0.25, 0.3) is 0 Å². The zero-order valence-electron chi connectivity index (χ0n) is 58.4. The fourth-order valence-electron chi connectivity index (χ4n) is 9.97. The van der Waals surface area contributed by atoms with Crippen LogP contribution in [0.15, 0.2) is 17.5 Å². The van der Waals surface area contributed by atoms with Crippen LogP contribution in [0.5, 0.6) is 0 Å². The summed E-state index contributed by atoms with van der Waals surface area (Å²) in [5.74, 6) is -6.42. The minimum atomic E-state index is -1.66. The standard InChI is InChI=1S/C56H97N17O15S.C8H18/c1-8-63-34(16-18-42(57)75)47(80)48(81)35(20-23-89-7)67-51(84)36(14-13-22-65-56(59)60)68-52(85)37(17-19-45(78)79)69-55(88)46(32(6)74)72-44(77)15-11-9-10-12-21-64-38(24-30(2)3)49(82)50(83)39(26-33-28-62-29-66-33)70-53(86)40(27-43(58)76)71-54(87)41(73-61)25-31(4)5;1-3-5-7-8-6-4-2/h28-32,34-41,46,63-64,73-74H,8-27,61H2,1-7H3,(H2,57,75)(H2,58,76)(H,62,66)(H,67,84)(H,68,85)(H,69,88)(H,70,86)(H,71,87)(H,72,77)(H,78,79)(H4,59,60,65);3-8H2,1-2H3/t32-,34+,35?,36+,37?,38+,39+,40?,41+,46+;/m1./s1. The number of nitrogens with zero attached hydrogens (tertiary/aromatic N) is 2. The molecule has 3 unspecified atom stereocenters. The van der Waals surface area contributed by atoms with Gasteiger partial charge >= 0.3 is 5.97 Å². The minimum Gasteiger partial charge on any atom is -0.481 e. The van der Waals surface area contributed by atoms with Crippen molar-refractivity contribution in [1.29, 1.82) is 0 Å². The third-order valence-electron chi connectivity index (χ3n) is 15.2. The first-order valence-corrected chi connectivity index (χ1v) is 35.1. The molecule has 0 fully saturated rings. The van der Waals surface area contributed by atoms with E-state index in [1.807, 2.05) is 27.7 Å². The van der Waals surface area contributed by atoms with Gasteiger partial charge in [0.15, 0.2) is 5.96 Å². The molecule has 552 valence electrons. The Hall–Kier alpha value is -7.46. The number of guanidine groups is 1. The lowest BCUT2D eigenvalue weighted by molar-refractivity contribution is -0.141. The fraction of sp³-hybridized carbons (Fsp3) is 0.734. The number of aliphatic imine (C=N–C) groups is 1. The van der Waals surface area contributed by atoms with Gasteiger partial charge in [-0.25, -0.2) is 10.4 Å². The van der Waals surface area contributed by atoms with Gasteiger partial charge in [0.1, 0.15) is 30.2 Å². The normalized spacial score (nSPS) is 14.2. The zero-order chi connectivity index (χ0) is 73.6. The van der Waals surface area contributed by atoms with E-state index in [4.69, 9.17) is 28.8 Å². The molecule has 10 atom stereocenters. The van der Waals surface area contributed by atoms with Crippen molar-refractivity contribution in [3.63, 3.8) is 0 Å². The van der Waals surface area contributed by atoms with Crippen molar-refractivity contribution >= 4 is 94.1 Å². The summed E-state index contributed by atoms with van der Waals surface area (Å²) in [5.41, 5.74) is 24.4. The Morgan fingerprint density at radius 3 is 1.58 bits per heavy atom. The molecule has 8 amide bonds. The van der Waals surface area contributed by atoms with Crippen LogP contribution in [0.3, 0.4) is 0 Å². The molecule has 32 nitrogen and oxygen atoms in total. The number of imidazole rings is 1. The molecule has 0 spiro atoms. The van der Waals surface area contributed by atoms with Gasteiger partial charge in [0.05, 0.1) is 43.0 Å². The molecule has 22 N–H and O–H groups in total. The number of primary amides is 2. The Labute approximate surface area is 574 Å². The molecule has 0 saturated carbocycles. The monoisotopic (exact) mass is 1390 g/mol. The van der Waals surface area contributed by atoms with Crippen molar-refractivity contribution < 1.29 is 72.5 Å². The van der Waals surface area contributed by atoms with Gasteiger partial charge in [-0.15, -0.1) is 0 Å². The second kappa shape index (κ2) is 51.7. The quantitative estimate of drug-likeness (QED) is 0.00977. The number of nitrogens with two attached hydrogens (primary N) is 5. The number of thioether (sulfide) groups is 1. The number of aliphatic hydroxyl groups excluding tert-OH is 1. The van der Waals surface area contributed by atoms with Gasteiger partial charge in [-0.2, -0.15) is 11.8 Å². The SMILES string of the molecule is CCCCCCCC.CCN[C@@H](CCC(N)=O)C(=O)C(=O)C(CCSC)NC(=O)[C@H](CCCN=C(N)N)NC(=O)C(CCC(=O)O)NC(=O)[C@@H](NC(=O)CCCCCCN[C@@H](CC(C)C)C(=O)C(=O)[C@H](Cc1cnc[nH]1)NC(=O)C(CC(N)=O)NC(=O)[C@H](CC(C)C)NN)[C@@H](C)O. The molecule has 0 bridgehead atoms. The number of carboxylic acid groups (broad SMARTS) is 1. The summed E-state index contributed by atoms with van der Waals surface area (Å²) < 4.78 is 0. The predicted octanol–water partition coefficient (Wildman–Crippen LogP) is -0.492. The molecule has 1 heterocycles. The van der Waals surface area contributed by atoms with Gasteiger partial charge in [0.2, 0.25) is 70.4 Å². The number of hydrogen-bond acceptors (Lipinski definition) is 21. The maximum absolute atomic E-state index is 14.1. The van der Waals surface area contributed by atoms with Crippen molar-refractivity contribution in [3.05, 3.63) is 18.2 Å². The van der Waals surface area contributed by atoms with Gasteiger partial charge in [-0.05, 0) is 102 Å². The first-order chi connectivity index (χ1) is 45.9. The molecule has 1 aromatic heterocycles. The number of carboxylic acids is 1. The Kier molecular flexibility index (Phi) is 47.7. The van der Waals surface area contributed by atoms with E-state index in [0.717, 1.165) is 0 Å². The molecule has 0 aliphatic carbocycles. The Bertz CT molecular complexity index is 2620. The highest BCUT2D eigenvalue weighted by Gasteiger charge is 2.38. The zero-order valence-corrected chi connectivity index (χ0v) is 59.2. The number of ketones is 4. The van der Waals surface area contributed by atoms with Gasteiger partial charge < -0.3 is 80.7 Å². The van der Waals surface area contributed by atoms with Crippen LogP contribution in [0.1, 0.15) is 196 Å². The molecular weight excluding hydrogens is 1280 g/mol. The van der Waals surface area contributed by atoms with Crippen LogP contribution in [0.25, 0.3) is 0 Å². The summed E-state index contributed by atoms with van der Waals surface area (Å²) in [6.07, 6.45) is 11.2. The third kappa shape index (κ3) is 40.1. The largest absolute Gasteiger partial charge is 0.481 e. The maximum atomic E-state index is 14.1. The number of nitrogens with one attached hydrogen (secondary N) is 10. The Morgan fingerprint density at radius 2 is 1.05 bits per heavy atom. The van der Waals surface area contributed by atoms with Crippen molar-refractivity contribution in [2.75, 3.05) is 31.6 Å². The molecule has 1 aromatic rings. The van der Waals surface area contributed by atoms with E-state index in [2.05, 4.69) is 76.8 Å². The number of hydrazine groups is 1. The fourth-order valence-corrected chi connectivity index (χ4v) is 10.4. The number of carbonyl (C=O) groups excluding carboxylic acids is 12. The van der Waals surface area contributed by atoms with E-state index in [0.29, 0.717) is 37.1 Å². The predicted molar refractivity (Wildman–Crippen MR) is 369 cm³/mol. The molecule has 0 aliphatic heterocycles. The summed E-state index contributed by atoms with van der Waals surface area (Å²) >= 11 is 1.32. The molecule has 0 aromatic carbocycles. The highest BCUT2D eigenvalue weighted by Crippen LogP contribution is 2.15. The number of rotatable bonds is 55. The molecule has 0 saturated heterocycles. The smallest absolute Gasteiger partial charge is 0.303 e. The summed E-state index contributed by atoms with van der Waals surface area (Å²) in [7, 11) is 0. The van der Waals surface area contributed by atoms with Crippen LogP contribution in [0, 0.1) is 11.8 Å². The van der Waals surface area contributed by atoms with Gasteiger partial charge in [-0.3, -0.25) is 73.2 Å². The van der Waals surface area contributed by atoms with E-state index in [1.54, 1.807) is 13.2 Å². The molecule has 0 aliphatic rings. The summed E-state index contributed by atoms with van der Waals surface area (Å²) in [6, 6.07) is -12.2. The van der Waals surface area contributed by atoms with Crippen molar-refractivity contribution in [1.82, 2.24) is 57.9 Å². The number of unbranched alkanes of at least 4 members (excludes halogenated alkanes) is 8. The molecular formula is C64H115N17O15S. The van der Waals surface area contributed by atoms with Gasteiger partial charge in [-0.1, -0.05) is 99.8 Å². The van der Waals surface area contributed by atoms with Crippen LogP contribution in [0.4, 0.5) is 0 Å². The van der Waals surface area contributed by atoms with E-state index in [1.165, 1.54) is 69.7 Å². The number of Topliss-reactive ketones (excluding diaryl/α,β-unsaturated/α-hetero) is 4. The number of H-pyrrole nitrogens is 1. The molecule has 97 heavy (non-hydrogen) atoms. The number of amides is 8. The Morgan fingerprint density at radius 1 is 0.546 bits per heavy atom. The Balaban J connectivity index is 0.0000108. The summed E-state index contributed by atoms with van der Waals surface area (Å²) in [6.45, 7) is 15.3. The molecule has 1 rings (SSSR count). The summed E-state index contributed by atoms with van der Waals surface area (Å²) in [4.78, 5) is 183. The van der Waals surface area contributed by atoms with E-state index < -0.39 is 156 Å². The lowest BCUT2D eigenvalue weighted by Crippen LogP contribution is -2.59. The van der Waals surface area contributed by atoms with Crippen LogP contribution < -0.4 is 76.7 Å². The maximum Gasteiger partial charge on any atom is 0.303 e. The number of aromatic amines is 1. The van der Waals surface area contributed by atoms with E-state index in [9.17, 15) is 72.5 Å². The topological polar surface area (TPSA) is 542 Å². The van der Waals surface area contributed by atoms with Crippen molar-refractivity contribution in [3.8, 4) is 0 Å². The second-order valence-corrected chi connectivity index (χ2v) is 25.8. The van der Waals surface area contributed by atoms with Crippen LogP contribution in [0.2, 0.25) is 0 Å². The first-order valence-electron chi connectivity index (χ1n) is 33.8. The van der Waals surface area contributed by atoms with Crippen LogP contribution >= 0.6 is 11.8 Å². The molecule has 33 heteroatoms. The van der Waals surface area contributed by atoms with Crippen molar-refractivity contribution in [2.24, 2.45) is 45.6 Å². The molecule has 0 radical (unpaired) electrons. The van der Waals surface area contributed by atoms with Crippen LogP contribution in [-0.2, 0) is 68.7 Å². The lowest BCUT2D eigenvalue weighted by Gasteiger charge is -2.27. The number of likely N-dealkylation sites (N-methyl/N-ethyl adjacent to an activating group) is 1. The number of hydrogen-bond donors (Lipinski definition) is 17. The summed E-state index contributed by atoms with van der Waals surface area (Å²) in [5, 5.41) is 41.1. The highest BCUT2D eigenvalue weighted by molar-refractivity contribution is 7.98. The average molecular weight is 1390 g/mol. The third-order valence-corrected chi connectivity index (χ3v) is 15.8. The first kappa shape index (κ1) is 89.5. The highest BCUT2D eigenvalue weighted by atomic mass is 32.2. The van der Waals surface area contributed by atoms with E-state index in [-0.39, 0.29) is 95.2 Å². The second-order valence-electron chi connectivity index (χ2n) is 24.8. The minimum absolute atomic E-state index is 0.0124.